The molecule has 6 heteroatoms. The second kappa shape index (κ2) is 14.2. The van der Waals surface area contributed by atoms with Crippen LogP contribution < -0.4 is 5.46 Å². The molecule has 2 aliphatic carbocycles. The number of halogens is 1. The zero-order valence-corrected chi connectivity index (χ0v) is 31.8. The molecule has 268 valence electrons. The fourth-order valence-corrected chi connectivity index (χ4v) is 8.70. The van der Waals surface area contributed by atoms with Gasteiger partial charge < -0.3 is 18.9 Å². The van der Waals surface area contributed by atoms with Crippen molar-refractivity contribution < 1.29 is 18.9 Å². The number of hydrogen-bond donors (Lipinski definition) is 2. The van der Waals surface area contributed by atoms with Gasteiger partial charge in [0.05, 0.1) is 0 Å². The maximum Gasteiger partial charge on any atom is 0.492 e. The summed E-state index contributed by atoms with van der Waals surface area (Å²) in [7, 11) is -1.51. The Morgan fingerprint density at radius 2 is 0.893 bits per heavy atom. The molecule has 12 rings (SSSR count). The Kier molecular flexibility index (Phi) is 8.68. The van der Waals surface area contributed by atoms with Gasteiger partial charge in [-0.15, -0.1) is 0 Å². The number of hydrogen-bond acceptors (Lipinski definition) is 4. The topological polar surface area (TPSA) is 66.7 Å². The van der Waals surface area contributed by atoms with Crippen molar-refractivity contribution >= 4 is 72.4 Å². The Morgan fingerprint density at radius 1 is 0.411 bits per heavy atom. The van der Waals surface area contributed by atoms with E-state index < -0.39 is 7.12 Å². The monoisotopic (exact) mass is 788 g/mol. The third-order valence-corrected chi connectivity index (χ3v) is 11.5. The van der Waals surface area contributed by atoms with Crippen LogP contribution in [0.5, 0.6) is 0 Å². The van der Waals surface area contributed by atoms with E-state index >= 15 is 0 Å². The summed E-state index contributed by atoms with van der Waals surface area (Å²) in [5.74, 6) is 0. The van der Waals surface area contributed by atoms with Gasteiger partial charge in [0.1, 0.15) is 22.3 Å². The van der Waals surface area contributed by atoms with Crippen molar-refractivity contribution in [1.82, 2.24) is 0 Å². The van der Waals surface area contributed by atoms with E-state index in [1.54, 1.807) is 12.1 Å². The average Bonchev–Trinajstić information content (AvgIpc) is 4.01. The molecule has 8 aromatic carbocycles. The molecule has 2 aliphatic rings. The molecule has 0 radical (unpaired) electrons. The number of furan rings is 2. The number of para-hydroxylation sites is 4. The van der Waals surface area contributed by atoms with Crippen LogP contribution in [0.25, 0.3) is 77.3 Å². The van der Waals surface area contributed by atoms with Crippen LogP contribution >= 0.6 is 15.9 Å². The van der Waals surface area contributed by atoms with Crippen molar-refractivity contribution in [3.8, 4) is 33.4 Å². The maximum absolute atomic E-state index is 9.24. The molecule has 56 heavy (non-hydrogen) atoms. The van der Waals surface area contributed by atoms with Crippen LogP contribution in [0.2, 0.25) is 0 Å². The van der Waals surface area contributed by atoms with Crippen LogP contribution in [-0.2, 0) is 12.8 Å². The van der Waals surface area contributed by atoms with Gasteiger partial charge in [0.25, 0.3) is 0 Å². The summed E-state index contributed by atoms with van der Waals surface area (Å²) in [5, 5.41) is 22.7. The van der Waals surface area contributed by atoms with E-state index in [0.717, 1.165) is 50.4 Å². The third kappa shape index (κ3) is 6.03. The van der Waals surface area contributed by atoms with Crippen LogP contribution in [0.15, 0.2) is 183 Å². The molecule has 0 saturated heterocycles. The zero-order valence-electron chi connectivity index (χ0n) is 30.2. The van der Waals surface area contributed by atoms with Crippen molar-refractivity contribution in [2.24, 2.45) is 0 Å². The fraction of sp³-hybridized carbons (Fsp3) is 0.0400. The Hall–Kier alpha value is -6.18. The van der Waals surface area contributed by atoms with Crippen LogP contribution in [0.1, 0.15) is 22.3 Å². The SMILES string of the molecule is Brc1ccc2c(c1)-c1ccccc1C2.OB(O)c1cccc2c1oc1ccccc12.c1ccc2c(c1)Cc1ccc(-c3cccc4c3oc3ccccc34)cc1-2. The van der Waals surface area contributed by atoms with Crippen molar-refractivity contribution in [2.45, 2.75) is 12.8 Å². The highest BCUT2D eigenvalue weighted by Crippen LogP contribution is 2.42. The molecule has 0 aliphatic heterocycles. The van der Waals surface area contributed by atoms with Gasteiger partial charge in [-0.3, -0.25) is 0 Å². The number of rotatable bonds is 2. The molecule has 0 bridgehead atoms. The first-order chi connectivity index (χ1) is 27.5. The molecule has 0 fully saturated rings. The first-order valence-electron chi connectivity index (χ1n) is 18.7. The first-order valence-corrected chi connectivity index (χ1v) is 19.5. The molecule has 4 nitrogen and oxygen atoms in total. The minimum absolute atomic E-state index is 0.397. The molecule has 0 spiro atoms. The lowest BCUT2D eigenvalue weighted by Gasteiger charge is -2.07. The second-order valence-corrected chi connectivity index (χ2v) is 15.2. The zero-order chi connectivity index (χ0) is 37.8. The molecule has 2 heterocycles. The Labute approximate surface area is 332 Å². The summed E-state index contributed by atoms with van der Waals surface area (Å²) in [5.41, 5.74) is 17.2. The van der Waals surface area contributed by atoms with Crippen molar-refractivity contribution in [2.75, 3.05) is 0 Å². The predicted molar refractivity (Wildman–Crippen MR) is 233 cm³/mol. The molecule has 2 aromatic heterocycles. The van der Waals surface area contributed by atoms with Crippen molar-refractivity contribution in [1.29, 1.82) is 0 Å². The second-order valence-electron chi connectivity index (χ2n) is 14.3. The highest BCUT2D eigenvalue weighted by atomic mass is 79.9. The van der Waals surface area contributed by atoms with Gasteiger partial charge in [0.15, 0.2) is 0 Å². The molecular weight excluding hydrogens is 755 g/mol. The Balaban J connectivity index is 0.000000110. The summed E-state index contributed by atoms with van der Waals surface area (Å²) in [6.45, 7) is 0. The smallest absolute Gasteiger partial charge is 0.456 e. The van der Waals surface area contributed by atoms with Gasteiger partial charge in [-0.2, -0.15) is 0 Å². The van der Waals surface area contributed by atoms with Gasteiger partial charge in [-0.25, -0.2) is 0 Å². The van der Waals surface area contributed by atoms with Crippen LogP contribution in [0.3, 0.4) is 0 Å². The van der Waals surface area contributed by atoms with Crippen molar-refractivity contribution in [3.05, 3.63) is 197 Å². The normalized spacial score (nSPS) is 12.1. The number of benzene rings is 8. The summed E-state index contributed by atoms with van der Waals surface area (Å²) in [6, 6.07) is 58.4. The van der Waals surface area contributed by atoms with E-state index in [9.17, 15) is 10.0 Å². The maximum atomic E-state index is 9.24. The van der Waals surface area contributed by atoms with E-state index in [0.29, 0.717) is 11.0 Å². The van der Waals surface area contributed by atoms with Gasteiger partial charge in [-0.05, 0) is 93.2 Å². The van der Waals surface area contributed by atoms with Crippen LogP contribution in [0.4, 0.5) is 0 Å². The van der Waals surface area contributed by atoms with Gasteiger partial charge in [0, 0.05) is 37.0 Å². The molecule has 0 atom stereocenters. The van der Waals surface area contributed by atoms with E-state index in [1.165, 1.54) is 60.8 Å². The molecular formula is C50H34BBrO4. The van der Waals surface area contributed by atoms with Crippen LogP contribution in [0, 0.1) is 0 Å². The Bertz CT molecular complexity index is 3100. The third-order valence-electron chi connectivity index (χ3n) is 11.0. The lowest BCUT2D eigenvalue weighted by molar-refractivity contribution is 0.425. The minimum Gasteiger partial charge on any atom is -0.456 e. The summed E-state index contributed by atoms with van der Waals surface area (Å²) in [6.07, 6.45) is 2.11. The highest BCUT2D eigenvalue weighted by molar-refractivity contribution is 9.10. The molecule has 0 amide bonds. The predicted octanol–water partition coefficient (Wildman–Crippen LogP) is 12.1. The summed E-state index contributed by atoms with van der Waals surface area (Å²) < 4.78 is 13.0. The quantitative estimate of drug-likeness (QED) is 0.171. The van der Waals surface area contributed by atoms with Crippen molar-refractivity contribution in [3.63, 3.8) is 0 Å². The lowest BCUT2D eigenvalue weighted by atomic mass is 9.79. The van der Waals surface area contributed by atoms with E-state index in [4.69, 9.17) is 8.83 Å². The highest BCUT2D eigenvalue weighted by Gasteiger charge is 2.21. The largest absolute Gasteiger partial charge is 0.492 e. The fourth-order valence-electron chi connectivity index (χ4n) is 8.33. The first kappa shape index (κ1) is 34.3. The lowest BCUT2D eigenvalue weighted by Crippen LogP contribution is -2.29. The van der Waals surface area contributed by atoms with E-state index in [1.807, 2.05) is 42.5 Å². The molecule has 10 aromatic rings. The average molecular weight is 790 g/mol. The molecule has 0 unspecified atom stereocenters. The number of fused-ring (bicyclic) bond motifs is 12. The molecule has 0 saturated carbocycles. The van der Waals surface area contributed by atoms with E-state index in [2.05, 4.69) is 131 Å². The summed E-state index contributed by atoms with van der Waals surface area (Å²) >= 11 is 3.52. The van der Waals surface area contributed by atoms with Gasteiger partial charge in [-0.1, -0.05) is 155 Å². The Morgan fingerprint density at radius 3 is 1.55 bits per heavy atom. The van der Waals surface area contributed by atoms with Crippen LogP contribution in [-0.4, -0.2) is 17.2 Å². The minimum atomic E-state index is -1.51. The van der Waals surface area contributed by atoms with Gasteiger partial charge >= 0.3 is 7.12 Å². The molecule has 2 N–H and O–H groups in total. The van der Waals surface area contributed by atoms with Gasteiger partial charge in [0.2, 0.25) is 0 Å². The standard InChI is InChI=1S/C25H16O.C13H9Br.C12H9BO3/c1-2-7-19-16(6-1)14-17-12-13-18(15-23(17)19)20-9-5-10-22-21-8-3-4-11-24(21)26-25(20)22;14-11-6-5-10-7-9-3-1-2-4-12(9)13(10)8-11;14-13(15)10-6-3-5-9-8-4-1-2-7-11(8)16-12(9)10/h1-13,15H,14H2;1-6,8H,7H2;1-7,14-15H. The summed E-state index contributed by atoms with van der Waals surface area (Å²) in [4.78, 5) is 0. The van der Waals surface area contributed by atoms with E-state index in [-0.39, 0.29) is 0 Å².